The van der Waals surface area contributed by atoms with Gasteiger partial charge in [-0.05, 0) is 38.5 Å². The van der Waals surface area contributed by atoms with Gasteiger partial charge in [0.25, 0.3) is 0 Å². The molecule has 2 atom stereocenters. The van der Waals surface area contributed by atoms with E-state index in [0.717, 1.165) is 32.1 Å². The van der Waals surface area contributed by atoms with Gasteiger partial charge in [-0.15, -0.1) is 0 Å². The summed E-state index contributed by atoms with van der Waals surface area (Å²) in [7, 11) is -4.39. The fraction of sp³-hybridized carbons (Fsp3) is 0.949. The van der Waals surface area contributed by atoms with Crippen molar-refractivity contribution in [3.05, 3.63) is 12.2 Å². The Morgan fingerprint density at radius 3 is 0.807 bits per heavy atom. The van der Waals surface area contributed by atoms with Crippen LogP contribution in [-0.2, 0) is 32.7 Å². The summed E-state index contributed by atoms with van der Waals surface area (Å²) in [6.07, 6.45) is 92.2. The smallest absolute Gasteiger partial charge is 0.462 e. The van der Waals surface area contributed by atoms with Crippen molar-refractivity contribution in [3.8, 4) is 0 Å². The topological polar surface area (TPSA) is 134 Å². The minimum atomic E-state index is -4.39. The Kier molecular flexibility index (Phi) is 73.7. The summed E-state index contributed by atoms with van der Waals surface area (Å²) in [5.41, 5.74) is 5.41. The number of phosphoric ester groups is 1. The zero-order chi connectivity index (χ0) is 63.7. The normalized spacial score (nSPS) is 12.8. The second kappa shape index (κ2) is 74.8. The third-order valence-electron chi connectivity index (χ3n) is 18.4. The van der Waals surface area contributed by atoms with E-state index in [9.17, 15) is 19.0 Å². The van der Waals surface area contributed by atoms with Gasteiger partial charge in [-0.3, -0.25) is 18.6 Å². The van der Waals surface area contributed by atoms with Crippen LogP contribution in [0.15, 0.2) is 12.2 Å². The van der Waals surface area contributed by atoms with Gasteiger partial charge in [-0.25, -0.2) is 4.57 Å². The van der Waals surface area contributed by atoms with Crippen molar-refractivity contribution in [1.29, 1.82) is 0 Å². The van der Waals surface area contributed by atoms with Gasteiger partial charge in [0.1, 0.15) is 6.61 Å². The predicted octanol–water partition coefficient (Wildman–Crippen LogP) is 26.3. The summed E-state index contributed by atoms with van der Waals surface area (Å²) in [6.45, 7) is 3.84. The van der Waals surface area contributed by atoms with Crippen molar-refractivity contribution in [3.63, 3.8) is 0 Å². The van der Waals surface area contributed by atoms with E-state index < -0.39 is 26.5 Å². The van der Waals surface area contributed by atoms with Crippen LogP contribution in [0.3, 0.4) is 0 Å². The molecule has 3 N–H and O–H groups in total. The number of unbranched alkanes of at least 4 members (excludes halogenated alkanes) is 62. The number of phosphoric acid groups is 1. The zero-order valence-corrected chi connectivity index (χ0v) is 60.2. The molecule has 0 bridgehead atoms. The second-order valence-electron chi connectivity index (χ2n) is 27.3. The number of rotatable bonds is 77. The van der Waals surface area contributed by atoms with Crippen molar-refractivity contribution in [2.24, 2.45) is 5.73 Å². The van der Waals surface area contributed by atoms with Crippen LogP contribution in [0.5, 0.6) is 0 Å². The van der Waals surface area contributed by atoms with Crippen LogP contribution in [0, 0.1) is 0 Å². The summed E-state index contributed by atoms with van der Waals surface area (Å²) in [5, 5.41) is 0. The van der Waals surface area contributed by atoms with Gasteiger partial charge in [-0.1, -0.05) is 405 Å². The number of hydrogen-bond donors (Lipinski definition) is 2. The molecule has 0 fully saturated rings. The van der Waals surface area contributed by atoms with Crippen molar-refractivity contribution in [2.75, 3.05) is 26.4 Å². The van der Waals surface area contributed by atoms with E-state index in [0.29, 0.717) is 6.42 Å². The maximum Gasteiger partial charge on any atom is 0.472 e. The van der Waals surface area contributed by atoms with Crippen LogP contribution >= 0.6 is 7.82 Å². The van der Waals surface area contributed by atoms with E-state index in [1.54, 1.807) is 0 Å². The Morgan fingerprint density at radius 1 is 0.330 bits per heavy atom. The number of esters is 2. The summed E-state index contributed by atoms with van der Waals surface area (Å²) < 4.78 is 33.3. The van der Waals surface area contributed by atoms with E-state index >= 15 is 0 Å². The summed E-state index contributed by atoms with van der Waals surface area (Å²) >= 11 is 0. The van der Waals surface area contributed by atoms with E-state index in [1.807, 2.05) is 0 Å². The van der Waals surface area contributed by atoms with Gasteiger partial charge < -0.3 is 20.1 Å². The summed E-state index contributed by atoms with van der Waals surface area (Å²) in [6, 6.07) is 0. The fourth-order valence-electron chi connectivity index (χ4n) is 12.5. The van der Waals surface area contributed by atoms with Gasteiger partial charge in [-0.2, -0.15) is 0 Å². The molecule has 0 aliphatic rings. The molecule has 0 aromatic carbocycles. The highest BCUT2D eigenvalue weighted by molar-refractivity contribution is 7.47. The van der Waals surface area contributed by atoms with Crippen LogP contribution in [0.2, 0.25) is 0 Å². The third kappa shape index (κ3) is 73.8. The number of carbonyl (C=O) groups excluding carboxylic acids is 2. The molecule has 0 amide bonds. The maximum absolute atomic E-state index is 12.8. The van der Waals surface area contributed by atoms with Gasteiger partial charge >= 0.3 is 19.8 Å². The highest BCUT2D eigenvalue weighted by Crippen LogP contribution is 2.43. The molecule has 0 aliphatic heterocycles. The first-order valence-electron chi connectivity index (χ1n) is 39.7. The lowest BCUT2D eigenvalue weighted by Crippen LogP contribution is -2.29. The number of nitrogens with two attached hydrogens (primary N) is 1. The Balaban J connectivity index is 3.72. The van der Waals surface area contributed by atoms with Gasteiger partial charge in [0.05, 0.1) is 13.2 Å². The second-order valence-corrected chi connectivity index (χ2v) is 28.8. The van der Waals surface area contributed by atoms with E-state index in [1.165, 1.54) is 379 Å². The minimum absolute atomic E-state index is 0.0578. The highest BCUT2D eigenvalue weighted by atomic mass is 31.2. The number of allylic oxidation sites excluding steroid dienone is 2. The molecule has 0 spiro atoms. The quantitative estimate of drug-likeness (QED) is 0.0264. The molecule has 0 saturated carbocycles. The molecule has 2 unspecified atom stereocenters. The van der Waals surface area contributed by atoms with Gasteiger partial charge in [0, 0.05) is 19.4 Å². The molecule has 0 saturated heterocycles. The number of carbonyl (C=O) groups is 2. The average molecular weight is 1270 g/mol. The van der Waals surface area contributed by atoms with Crippen molar-refractivity contribution < 1.29 is 37.6 Å². The van der Waals surface area contributed by atoms with Gasteiger partial charge in [0.15, 0.2) is 6.10 Å². The standard InChI is InChI=1S/C78H154NO8P/c1-3-5-7-9-11-13-15-17-19-21-23-25-27-29-31-33-34-35-36-37-38-39-40-41-43-44-46-48-50-52-54-56-58-60-62-64-66-68-70-77(80)84-74-76(75-86-88(82,83)85-73-72-79)87-78(81)71-69-67-65-63-61-59-57-55-53-51-49-47-45-42-32-30-28-26-24-22-20-18-16-14-12-10-8-6-4-2/h22,24,76H,3-21,23,25-75,79H2,1-2H3,(H,82,83)/b24-22-. The van der Waals surface area contributed by atoms with Crippen LogP contribution in [0.4, 0.5) is 0 Å². The average Bonchev–Trinajstić information content (AvgIpc) is 3.60. The minimum Gasteiger partial charge on any atom is -0.462 e. The molecule has 0 aromatic heterocycles. The fourth-order valence-corrected chi connectivity index (χ4v) is 13.3. The van der Waals surface area contributed by atoms with Crippen molar-refractivity contribution >= 4 is 19.8 Å². The Morgan fingerprint density at radius 2 is 0.557 bits per heavy atom. The molecule has 0 rings (SSSR count). The largest absolute Gasteiger partial charge is 0.472 e. The Bertz CT molecular complexity index is 1450. The number of hydrogen-bond acceptors (Lipinski definition) is 8. The molecule has 10 heteroatoms. The van der Waals surface area contributed by atoms with Gasteiger partial charge in [0.2, 0.25) is 0 Å². The first-order valence-corrected chi connectivity index (χ1v) is 41.2. The summed E-state index contributed by atoms with van der Waals surface area (Å²) in [4.78, 5) is 35.4. The molecular weight excluding hydrogens is 1110 g/mol. The highest BCUT2D eigenvalue weighted by Gasteiger charge is 2.26. The number of ether oxygens (including phenoxy) is 2. The van der Waals surface area contributed by atoms with E-state index in [2.05, 4.69) is 26.0 Å². The Hall–Kier alpha value is -1.25. The molecular formula is C78H154NO8P. The first kappa shape index (κ1) is 86.8. The molecule has 9 nitrogen and oxygen atoms in total. The van der Waals surface area contributed by atoms with Crippen LogP contribution in [0.25, 0.3) is 0 Å². The third-order valence-corrected chi connectivity index (χ3v) is 19.4. The maximum atomic E-state index is 12.8. The Labute approximate surface area is 549 Å². The van der Waals surface area contributed by atoms with E-state index in [4.69, 9.17) is 24.3 Å². The molecule has 88 heavy (non-hydrogen) atoms. The van der Waals surface area contributed by atoms with Crippen LogP contribution in [0.1, 0.15) is 444 Å². The molecule has 0 aliphatic carbocycles. The monoisotopic (exact) mass is 1260 g/mol. The molecule has 0 radical (unpaired) electrons. The summed E-state index contributed by atoms with van der Waals surface area (Å²) in [5.74, 6) is -0.798. The van der Waals surface area contributed by atoms with Crippen molar-refractivity contribution in [2.45, 2.75) is 450 Å². The lowest BCUT2D eigenvalue weighted by Gasteiger charge is -2.19. The van der Waals surface area contributed by atoms with Crippen LogP contribution in [-0.4, -0.2) is 49.3 Å². The SMILES string of the molecule is CCCCCCCCCC/C=C\CCCCCCCCCCCCCCCCCCCC(=O)OC(COC(=O)CCCCCCCCCCCCCCCCCCCCCCCCCCCCCCCCCCCCCCCC)COP(=O)(O)OCCN. The zero-order valence-electron chi connectivity index (χ0n) is 59.3. The lowest BCUT2D eigenvalue weighted by molar-refractivity contribution is -0.161. The molecule has 0 aromatic rings. The van der Waals surface area contributed by atoms with Crippen LogP contribution < -0.4 is 5.73 Å². The predicted molar refractivity (Wildman–Crippen MR) is 381 cm³/mol. The first-order chi connectivity index (χ1) is 43.3. The van der Waals surface area contributed by atoms with Crippen molar-refractivity contribution in [1.82, 2.24) is 0 Å². The van der Waals surface area contributed by atoms with E-state index in [-0.39, 0.29) is 38.6 Å². The molecule has 0 heterocycles. The molecule has 524 valence electrons. The lowest BCUT2D eigenvalue weighted by atomic mass is 10.0.